The predicted octanol–water partition coefficient (Wildman–Crippen LogP) is 5.21. The average Bonchev–Trinajstić information content (AvgIpc) is 3.06. The molecular formula is C22H25ClN4O2S. The first-order valence-corrected chi connectivity index (χ1v) is 11.0. The molecule has 0 radical (unpaired) electrons. The molecule has 6 nitrogen and oxygen atoms in total. The van der Waals surface area contributed by atoms with Gasteiger partial charge >= 0.3 is 0 Å². The van der Waals surface area contributed by atoms with Crippen LogP contribution in [0.5, 0.6) is 5.75 Å². The lowest BCUT2D eigenvalue weighted by Crippen LogP contribution is -2.14. The summed E-state index contributed by atoms with van der Waals surface area (Å²) in [7, 11) is 1.87. The zero-order valence-electron chi connectivity index (χ0n) is 17.5. The molecule has 0 saturated carbocycles. The van der Waals surface area contributed by atoms with Gasteiger partial charge in [-0.3, -0.25) is 4.79 Å². The van der Waals surface area contributed by atoms with Gasteiger partial charge in [0, 0.05) is 17.8 Å². The van der Waals surface area contributed by atoms with Gasteiger partial charge in [0.25, 0.3) is 0 Å². The van der Waals surface area contributed by atoms with Crippen molar-refractivity contribution in [2.45, 2.75) is 38.5 Å². The first kappa shape index (κ1) is 22.2. The number of ether oxygens (including phenoxy) is 1. The van der Waals surface area contributed by atoms with Crippen molar-refractivity contribution in [1.82, 2.24) is 14.8 Å². The fourth-order valence-corrected chi connectivity index (χ4v) is 3.70. The van der Waals surface area contributed by atoms with Gasteiger partial charge in [-0.15, -0.1) is 10.2 Å². The highest BCUT2D eigenvalue weighted by Crippen LogP contribution is 2.28. The third-order valence-corrected chi connectivity index (χ3v) is 5.81. The van der Waals surface area contributed by atoms with E-state index < -0.39 is 0 Å². The molecule has 8 heteroatoms. The van der Waals surface area contributed by atoms with Gasteiger partial charge in [-0.1, -0.05) is 49.3 Å². The van der Waals surface area contributed by atoms with Crippen molar-refractivity contribution in [3.05, 3.63) is 64.4 Å². The van der Waals surface area contributed by atoms with Crippen LogP contribution in [0, 0.1) is 6.92 Å². The van der Waals surface area contributed by atoms with Crippen LogP contribution in [0.15, 0.2) is 47.6 Å². The fraction of sp³-hybridized carbons (Fsp3) is 0.318. The Morgan fingerprint density at radius 1 is 1.20 bits per heavy atom. The van der Waals surface area contributed by atoms with Gasteiger partial charge in [0.05, 0.1) is 5.75 Å². The van der Waals surface area contributed by atoms with Gasteiger partial charge in [-0.2, -0.15) is 0 Å². The minimum Gasteiger partial charge on any atom is -0.485 e. The Labute approximate surface area is 186 Å². The maximum Gasteiger partial charge on any atom is 0.234 e. The van der Waals surface area contributed by atoms with Crippen molar-refractivity contribution in [3.63, 3.8) is 0 Å². The number of hydrogen-bond acceptors (Lipinski definition) is 5. The van der Waals surface area contributed by atoms with Gasteiger partial charge in [0.1, 0.15) is 12.4 Å². The number of thioether (sulfide) groups is 1. The van der Waals surface area contributed by atoms with E-state index in [0.717, 1.165) is 16.9 Å². The second-order valence-corrected chi connectivity index (χ2v) is 8.67. The highest BCUT2D eigenvalue weighted by atomic mass is 35.5. The molecule has 0 fully saturated rings. The number of halogens is 1. The molecule has 0 aliphatic carbocycles. The number of rotatable bonds is 8. The van der Waals surface area contributed by atoms with Crippen LogP contribution in [-0.4, -0.2) is 26.4 Å². The summed E-state index contributed by atoms with van der Waals surface area (Å²) in [6, 6.07) is 13.2. The summed E-state index contributed by atoms with van der Waals surface area (Å²) in [5.74, 6) is 2.04. The summed E-state index contributed by atoms with van der Waals surface area (Å²) in [6.07, 6.45) is 0. The van der Waals surface area contributed by atoms with Crippen molar-refractivity contribution in [2.24, 2.45) is 7.05 Å². The third kappa shape index (κ3) is 5.77. The number of nitrogens with zero attached hydrogens (tertiary/aromatic N) is 3. The van der Waals surface area contributed by atoms with Crippen LogP contribution in [0.25, 0.3) is 0 Å². The minimum absolute atomic E-state index is 0.121. The van der Waals surface area contributed by atoms with Gasteiger partial charge in [-0.05, 0) is 54.3 Å². The second-order valence-electron chi connectivity index (χ2n) is 7.29. The number of nitrogens with one attached hydrogen (secondary N) is 1. The summed E-state index contributed by atoms with van der Waals surface area (Å²) >= 11 is 7.19. The van der Waals surface area contributed by atoms with E-state index in [1.165, 1.54) is 11.8 Å². The van der Waals surface area contributed by atoms with E-state index in [9.17, 15) is 4.79 Å². The molecule has 0 aliphatic rings. The standard InChI is InChI=1S/C22H25ClN4O2S/c1-14(2)18-10-5-15(3)11-19(18)29-12-20-25-26-22(27(20)4)30-13-21(28)24-17-8-6-16(23)7-9-17/h5-11,14H,12-13H2,1-4H3,(H,24,28). The van der Waals surface area contributed by atoms with Crippen LogP contribution in [0.3, 0.4) is 0 Å². The maximum absolute atomic E-state index is 12.2. The van der Waals surface area contributed by atoms with E-state index in [-0.39, 0.29) is 11.7 Å². The van der Waals surface area contributed by atoms with E-state index in [4.69, 9.17) is 16.3 Å². The van der Waals surface area contributed by atoms with Crippen molar-refractivity contribution in [2.75, 3.05) is 11.1 Å². The number of hydrogen-bond donors (Lipinski definition) is 1. The molecular weight excluding hydrogens is 420 g/mol. The quantitative estimate of drug-likeness (QED) is 0.483. The largest absolute Gasteiger partial charge is 0.485 e. The molecule has 0 bridgehead atoms. The van der Waals surface area contributed by atoms with Crippen molar-refractivity contribution in [1.29, 1.82) is 0 Å². The molecule has 0 saturated heterocycles. The van der Waals surface area contributed by atoms with Crippen LogP contribution in [0.1, 0.15) is 36.7 Å². The van der Waals surface area contributed by atoms with E-state index in [1.54, 1.807) is 24.3 Å². The van der Waals surface area contributed by atoms with Gasteiger partial charge in [-0.25, -0.2) is 0 Å². The Balaban J connectivity index is 1.58. The molecule has 0 aliphatic heterocycles. The maximum atomic E-state index is 12.2. The highest BCUT2D eigenvalue weighted by Gasteiger charge is 2.14. The SMILES string of the molecule is Cc1ccc(C(C)C)c(OCc2nnc(SCC(=O)Nc3ccc(Cl)cc3)n2C)c1. The van der Waals surface area contributed by atoms with E-state index in [1.807, 2.05) is 24.6 Å². The van der Waals surface area contributed by atoms with Crippen LogP contribution < -0.4 is 10.1 Å². The van der Waals surface area contributed by atoms with Crippen molar-refractivity contribution in [3.8, 4) is 5.75 Å². The molecule has 3 aromatic rings. The fourth-order valence-electron chi connectivity index (χ4n) is 2.84. The number of amides is 1. The Morgan fingerprint density at radius 2 is 1.93 bits per heavy atom. The third-order valence-electron chi connectivity index (χ3n) is 4.53. The smallest absolute Gasteiger partial charge is 0.234 e. The first-order chi connectivity index (χ1) is 14.3. The molecule has 1 aromatic heterocycles. The molecule has 1 heterocycles. The molecule has 0 atom stereocenters. The molecule has 0 spiro atoms. The molecule has 1 amide bonds. The lowest BCUT2D eigenvalue weighted by atomic mass is 10.0. The van der Waals surface area contributed by atoms with E-state index in [0.29, 0.717) is 34.2 Å². The minimum atomic E-state index is -0.121. The zero-order valence-corrected chi connectivity index (χ0v) is 19.0. The number of benzene rings is 2. The number of aromatic nitrogens is 3. The summed E-state index contributed by atoms with van der Waals surface area (Å²) in [4.78, 5) is 12.2. The average molecular weight is 445 g/mol. The van der Waals surface area contributed by atoms with E-state index in [2.05, 4.69) is 41.5 Å². The number of carbonyl (C=O) groups is 1. The molecule has 3 rings (SSSR count). The molecule has 1 N–H and O–H groups in total. The Morgan fingerprint density at radius 3 is 2.63 bits per heavy atom. The van der Waals surface area contributed by atoms with Crippen molar-refractivity contribution < 1.29 is 9.53 Å². The summed E-state index contributed by atoms with van der Waals surface area (Å²) in [6.45, 7) is 6.64. The lowest BCUT2D eigenvalue weighted by molar-refractivity contribution is -0.113. The predicted molar refractivity (Wildman–Crippen MR) is 121 cm³/mol. The lowest BCUT2D eigenvalue weighted by Gasteiger charge is -2.14. The Bertz CT molecular complexity index is 1020. The van der Waals surface area contributed by atoms with Gasteiger partial charge in [0.2, 0.25) is 5.91 Å². The van der Waals surface area contributed by atoms with Crippen molar-refractivity contribution >= 4 is 35.0 Å². The molecule has 2 aromatic carbocycles. The summed E-state index contributed by atoms with van der Waals surface area (Å²) in [5, 5.41) is 12.5. The van der Waals surface area contributed by atoms with Crippen LogP contribution in [-0.2, 0) is 18.4 Å². The summed E-state index contributed by atoms with van der Waals surface area (Å²) < 4.78 is 7.90. The molecule has 30 heavy (non-hydrogen) atoms. The second kappa shape index (κ2) is 10.00. The zero-order chi connectivity index (χ0) is 21.7. The molecule has 0 unspecified atom stereocenters. The van der Waals surface area contributed by atoms with Gasteiger partial charge < -0.3 is 14.6 Å². The van der Waals surface area contributed by atoms with Crippen LogP contribution in [0.4, 0.5) is 5.69 Å². The summed E-state index contributed by atoms with van der Waals surface area (Å²) in [5.41, 5.74) is 3.02. The Hall–Kier alpha value is -2.51. The van der Waals surface area contributed by atoms with Crippen LogP contribution >= 0.6 is 23.4 Å². The van der Waals surface area contributed by atoms with Crippen LogP contribution in [0.2, 0.25) is 5.02 Å². The normalized spacial score (nSPS) is 11.0. The first-order valence-electron chi connectivity index (χ1n) is 9.63. The number of carbonyl (C=O) groups excluding carboxylic acids is 1. The number of anilines is 1. The van der Waals surface area contributed by atoms with Gasteiger partial charge in [0.15, 0.2) is 11.0 Å². The highest BCUT2D eigenvalue weighted by molar-refractivity contribution is 7.99. The van der Waals surface area contributed by atoms with E-state index >= 15 is 0 Å². The molecule has 158 valence electrons. The number of aryl methyl sites for hydroxylation is 1. The topological polar surface area (TPSA) is 69.0 Å². The monoisotopic (exact) mass is 444 g/mol. The Kier molecular flexibility index (Phi) is 7.39.